The summed E-state index contributed by atoms with van der Waals surface area (Å²) in [5, 5.41) is 25.4. The summed E-state index contributed by atoms with van der Waals surface area (Å²) in [6, 6.07) is 17.5. The number of furan rings is 1. The minimum Gasteiger partial charge on any atom is -0.441 e. The van der Waals surface area contributed by atoms with Gasteiger partial charge in [-0.25, -0.2) is 5.01 Å². The Bertz CT molecular complexity index is 988. The lowest BCUT2D eigenvalue weighted by Crippen LogP contribution is -2.40. The normalized spacial score (nSPS) is 22.1. The molecule has 1 fully saturated rings. The van der Waals surface area contributed by atoms with Gasteiger partial charge in [-0.05, 0) is 31.0 Å². The molecule has 1 saturated heterocycles. The summed E-state index contributed by atoms with van der Waals surface area (Å²) >= 11 is 0. The van der Waals surface area contributed by atoms with Gasteiger partial charge in [0.1, 0.15) is 23.9 Å². The fraction of sp³-hybridized carbons (Fsp3) is 0.286. The van der Waals surface area contributed by atoms with Crippen LogP contribution in [-0.4, -0.2) is 25.0 Å². The lowest BCUT2D eigenvalue weighted by Gasteiger charge is -2.21. The molecule has 0 radical (unpaired) electrons. The second-order valence-electron chi connectivity index (χ2n) is 6.80. The molecule has 2 aromatic rings. The third kappa shape index (κ3) is 3.24. The molecule has 28 heavy (non-hydrogen) atoms. The number of hydrogen-bond acceptors (Lipinski definition) is 7. The van der Waals surface area contributed by atoms with E-state index < -0.39 is 12.1 Å². The van der Waals surface area contributed by atoms with Crippen LogP contribution in [-0.2, 0) is 0 Å². The Morgan fingerprint density at radius 3 is 2.57 bits per heavy atom. The fourth-order valence-electron chi connectivity index (χ4n) is 3.55. The van der Waals surface area contributed by atoms with Crippen molar-refractivity contribution in [2.75, 3.05) is 23.0 Å². The Morgan fingerprint density at radius 2 is 1.89 bits per heavy atom. The van der Waals surface area contributed by atoms with Crippen LogP contribution >= 0.6 is 0 Å². The molecule has 0 bridgehead atoms. The van der Waals surface area contributed by atoms with Crippen LogP contribution in [0.15, 0.2) is 57.6 Å². The Kier molecular flexibility index (Phi) is 4.84. The third-order valence-corrected chi connectivity index (χ3v) is 5.01. The molecule has 2 aliphatic rings. The molecule has 7 heteroatoms. The Labute approximate surface area is 163 Å². The zero-order chi connectivity index (χ0) is 19.5. The van der Waals surface area contributed by atoms with Crippen LogP contribution in [0.4, 0.5) is 11.6 Å². The average Bonchev–Trinajstić information content (AvgIpc) is 3.46. The molecule has 0 spiro atoms. The molecule has 3 heterocycles. The summed E-state index contributed by atoms with van der Waals surface area (Å²) in [6.45, 7) is 1.96. The van der Waals surface area contributed by atoms with E-state index in [0.717, 1.165) is 37.5 Å². The maximum atomic E-state index is 9.70. The van der Waals surface area contributed by atoms with Gasteiger partial charge in [0.2, 0.25) is 0 Å². The summed E-state index contributed by atoms with van der Waals surface area (Å²) < 4.78 is 5.88. The SMILES string of the molecule is N#C/C(=C/c1ccc(N2CCCC2)o1)C1=NN(c2ccccc2)[C@H](N)[C@@H]1C#N. The highest BCUT2D eigenvalue weighted by molar-refractivity contribution is 6.11. The van der Waals surface area contributed by atoms with Crippen molar-refractivity contribution in [2.24, 2.45) is 16.8 Å². The Balaban J connectivity index is 1.65. The van der Waals surface area contributed by atoms with E-state index in [9.17, 15) is 10.5 Å². The molecule has 0 unspecified atom stereocenters. The zero-order valence-corrected chi connectivity index (χ0v) is 15.3. The molecule has 1 aromatic heterocycles. The summed E-state index contributed by atoms with van der Waals surface area (Å²) in [5.74, 6) is 0.651. The van der Waals surface area contributed by atoms with E-state index in [4.69, 9.17) is 10.2 Å². The number of rotatable bonds is 4. The maximum Gasteiger partial charge on any atom is 0.196 e. The smallest absolute Gasteiger partial charge is 0.196 e. The van der Waals surface area contributed by atoms with Crippen LogP contribution in [0.1, 0.15) is 18.6 Å². The molecule has 2 aliphatic heterocycles. The molecule has 7 nitrogen and oxygen atoms in total. The van der Waals surface area contributed by atoms with E-state index >= 15 is 0 Å². The maximum absolute atomic E-state index is 9.70. The lowest BCUT2D eigenvalue weighted by molar-refractivity contribution is 0.547. The van der Waals surface area contributed by atoms with Gasteiger partial charge >= 0.3 is 0 Å². The minimum atomic E-state index is -0.709. The average molecular weight is 372 g/mol. The Hall–Kier alpha value is -3.55. The summed E-state index contributed by atoms with van der Waals surface area (Å²) in [5.41, 5.74) is 7.67. The van der Waals surface area contributed by atoms with Crippen molar-refractivity contribution in [3.05, 3.63) is 53.8 Å². The first-order chi connectivity index (χ1) is 13.7. The van der Waals surface area contributed by atoms with Gasteiger partial charge in [-0.1, -0.05) is 18.2 Å². The first-order valence-electron chi connectivity index (χ1n) is 9.26. The van der Waals surface area contributed by atoms with Crippen LogP contribution in [0.5, 0.6) is 0 Å². The van der Waals surface area contributed by atoms with Crippen LogP contribution in [0, 0.1) is 28.6 Å². The van der Waals surface area contributed by atoms with Crippen LogP contribution < -0.4 is 15.6 Å². The molecule has 2 atom stereocenters. The van der Waals surface area contributed by atoms with Gasteiger partial charge < -0.3 is 15.1 Å². The number of nitrogens with zero attached hydrogens (tertiary/aromatic N) is 5. The summed E-state index contributed by atoms with van der Waals surface area (Å²) in [6.07, 6.45) is 3.28. The zero-order valence-electron chi connectivity index (χ0n) is 15.3. The predicted octanol–water partition coefficient (Wildman–Crippen LogP) is 3.09. The van der Waals surface area contributed by atoms with Crippen molar-refractivity contribution in [2.45, 2.75) is 19.0 Å². The minimum absolute atomic E-state index is 0.280. The molecule has 2 N–H and O–H groups in total. The number of para-hydroxylation sites is 1. The molecule has 140 valence electrons. The van der Waals surface area contributed by atoms with Crippen LogP contribution in [0.3, 0.4) is 0 Å². The van der Waals surface area contributed by atoms with E-state index in [-0.39, 0.29) is 5.57 Å². The number of allylic oxidation sites excluding steroid dienone is 1. The quantitative estimate of drug-likeness (QED) is 0.827. The second-order valence-corrected chi connectivity index (χ2v) is 6.80. The van der Waals surface area contributed by atoms with Gasteiger partial charge in [0.15, 0.2) is 5.88 Å². The second kappa shape index (κ2) is 7.59. The monoisotopic (exact) mass is 372 g/mol. The number of benzene rings is 1. The Morgan fingerprint density at radius 1 is 1.14 bits per heavy atom. The van der Waals surface area contributed by atoms with Crippen molar-refractivity contribution < 1.29 is 4.42 Å². The highest BCUT2D eigenvalue weighted by atomic mass is 16.4. The highest BCUT2D eigenvalue weighted by Crippen LogP contribution is 2.30. The molecule has 0 amide bonds. The fourth-order valence-corrected chi connectivity index (χ4v) is 3.55. The van der Waals surface area contributed by atoms with E-state index in [2.05, 4.69) is 22.1 Å². The topological polar surface area (TPSA) is 106 Å². The third-order valence-electron chi connectivity index (χ3n) is 5.01. The van der Waals surface area contributed by atoms with Gasteiger partial charge in [-0.3, -0.25) is 0 Å². The summed E-state index contributed by atoms with van der Waals surface area (Å²) in [4.78, 5) is 2.18. The molecule has 4 rings (SSSR count). The van der Waals surface area contributed by atoms with Crippen LogP contribution in [0.25, 0.3) is 6.08 Å². The van der Waals surface area contributed by atoms with E-state index in [1.54, 1.807) is 11.1 Å². The van der Waals surface area contributed by atoms with Gasteiger partial charge in [-0.2, -0.15) is 15.6 Å². The number of anilines is 2. The van der Waals surface area contributed by atoms with E-state index in [1.165, 1.54) is 0 Å². The van der Waals surface area contributed by atoms with Gasteiger partial charge in [-0.15, -0.1) is 0 Å². The molecular formula is C21H20N6O. The van der Waals surface area contributed by atoms with Crippen molar-refractivity contribution in [3.8, 4) is 12.1 Å². The summed E-state index contributed by atoms with van der Waals surface area (Å²) in [7, 11) is 0. The predicted molar refractivity (Wildman–Crippen MR) is 107 cm³/mol. The van der Waals surface area contributed by atoms with Gasteiger partial charge in [0, 0.05) is 25.2 Å². The molecule has 1 aromatic carbocycles. The highest BCUT2D eigenvalue weighted by Gasteiger charge is 2.37. The standard InChI is InChI=1S/C21H20N6O/c22-13-15(12-17-8-9-19(28-17)26-10-4-5-11-26)20-18(14-23)21(24)27(25-20)16-6-2-1-3-7-16/h1-3,6-9,12,18,21H,4-5,10-11,24H2/b15-12-/t18-,21+/m1/s1. The van der Waals surface area contributed by atoms with Gasteiger partial charge in [0.25, 0.3) is 0 Å². The lowest BCUT2D eigenvalue weighted by atomic mass is 9.96. The van der Waals surface area contributed by atoms with Crippen molar-refractivity contribution >= 4 is 23.4 Å². The first-order valence-corrected chi connectivity index (χ1v) is 9.26. The largest absolute Gasteiger partial charge is 0.441 e. The van der Waals surface area contributed by atoms with Crippen molar-refractivity contribution in [1.82, 2.24) is 0 Å². The van der Waals surface area contributed by atoms with E-state index in [0.29, 0.717) is 11.5 Å². The molecular weight excluding hydrogens is 352 g/mol. The van der Waals surface area contributed by atoms with Crippen LogP contribution in [0.2, 0.25) is 0 Å². The number of hydrazone groups is 1. The van der Waals surface area contributed by atoms with Gasteiger partial charge in [0.05, 0.1) is 23.0 Å². The van der Waals surface area contributed by atoms with E-state index in [1.807, 2.05) is 42.5 Å². The number of nitriles is 2. The molecule has 0 saturated carbocycles. The first kappa shape index (κ1) is 17.8. The molecule has 0 aliphatic carbocycles. The van der Waals surface area contributed by atoms with Crippen molar-refractivity contribution in [3.63, 3.8) is 0 Å². The number of nitrogens with two attached hydrogens (primary N) is 1. The number of hydrogen-bond donors (Lipinski definition) is 1. The van der Waals surface area contributed by atoms with Crippen molar-refractivity contribution in [1.29, 1.82) is 10.5 Å².